The lowest BCUT2D eigenvalue weighted by Gasteiger charge is -2.14. The first-order valence-electron chi connectivity index (χ1n) is 6.06. The van der Waals surface area contributed by atoms with Crippen LogP contribution in [0.15, 0.2) is 36.4 Å². The third kappa shape index (κ3) is 3.47. The number of ether oxygens (including phenoxy) is 1. The summed E-state index contributed by atoms with van der Waals surface area (Å²) in [6.45, 7) is 7.21. The number of thiocarbonyl (C=S) groups is 1. The third-order valence-electron chi connectivity index (χ3n) is 2.75. The van der Waals surface area contributed by atoms with Crippen molar-refractivity contribution < 1.29 is 4.74 Å². The predicted molar refractivity (Wildman–Crippen MR) is 78.0 cm³/mol. The summed E-state index contributed by atoms with van der Waals surface area (Å²) in [6.07, 6.45) is 1.10. The van der Waals surface area contributed by atoms with Gasteiger partial charge in [-0.2, -0.15) is 0 Å². The second-order valence-corrected chi connectivity index (χ2v) is 4.98. The molecule has 0 bridgehead atoms. The van der Waals surface area contributed by atoms with E-state index in [0.29, 0.717) is 11.7 Å². The zero-order valence-electron chi connectivity index (χ0n) is 10.5. The van der Waals surface area contributed by atoms with E-state index in [2.05, 4.69) is 23.3 Å². The van der Waals surface area contributed by atoms with Gasteiger partial charge in [0.15, 0.2) is 5.11 Å². The van der Waals surface area contributed by atoms with Crippen molar-refractivity contribution in [2.24, 2.45) is 0 Å². The summed E-state index contributed by atoms with van der Waals surface area (Å²) >= 11 is 5.17. The number of fused-ring (bicyclic) bond motifs is 1. The van der Waals surface area contributed by atoms with E-state index >= 15 is 0 Å². The quantitative estimate of drug-likeness (QED) is 0.642. The molecule has 1 heterocycles. The number of nitrogens with one attached hydrogen (secondary N) is 2. The molecule has 1 unspecified atom stereocenters. The molecule has 0 aliphatic carbocycles. The Morgan fingerprint density at radius 2 is 2.22 bits per heavy atom. The summed E-state index contributed by atoms with van der Waals surface area (Å²) in [5, 5.41) is 6.91. The number of para-hydroxylation sites is 1. The molecular formula is C14H18N2OS. The van der Waals surface area contributed by atoms with Crippen LogP contribution in [0.4, 0.5) is 0 Å². The first-order valence-corrected chi connectivity index (χ1v) is 6.46. The molecule has 18 heavy (non-hydrogen) atoms. The lowest BCUT2D eigenvalue weighted by molar-refractivity contribution is 0.235. The van der Waals surface area contributed by atoms with Crippen molar-refractivity contribution >= 4 is 17.3 Å². The Kier molecular flexibility index (Phi) is 4.20. The molecule has 0 aromatic heterocycles. The maximum Gasteiger partial charge on any atom is 0.166 e. The van der Waals surface area contributed by atoms with Crippen molar-refractivity contribution in [1.29, 1.82) is 0 Å². The topological polar surface area (TPSA) is 33.3 Å². The van der Waals surface area contributed by atoms with Crippen molar-refractivity contribution in [3.05, 3.63) is 42.0 Å². The smallest absolute Gasteiger partial charge is 0.166 e. The second-order valence-electron chi connectivity index (χ2n) is 4.57. The Bertz CT molecular complexity index is 434. The highest BCUT2D eigenvalue weighted by atomic mass is 32.1. The molecule has 96 valence electrons. The minimum absolute atomic E-state index is 0.159. The molecule has 3 nitrogen and oxygen atoms in total. The van der Waals surface area contributed by atoms with Crippen molar-refractivity contribution in [1.82, 2.24) is 10.6 Å². The highest BCUT2D eigenvalue weighted by Crippen LogP contribution is 2.27. The van der Waals surface area contributed by atoms with E-state index in [1.807, 2.05) is 25.1 Å². The summed E-state index contributed by atoms with van der Waals surface area (Å²) in [6, 6.07) is 8.14. The van der Waals surface area contributed by atoms with E-state index in [9.17, 15) is 0 Å². The Balaban J connectivity index is 1.73. The molecule has 0 saturated heterocycles. The SMILES string of the molecule is C=C(C)CNC(=S)NCC1Cc2ccccc2O1. The molecule has 0 radical (unpaired) electrons. The van der Waals surface area contributed by atoms with Gasteiger partial charge in [0.2, 0.25) is 0 Å². The van der Waals surface area contributed by atoms with E-state index in [1.165, 1.54) is 5.56 Å². The Morgan fingerprint density at radius 3 is 2.94 bits per heavy atom. The van der Waals surface area contributed by atoms with Crippen LogP contribution in [0.1, 0.15) is 12.5 Å². The number of hydrogen-bond acceptors (Lipinski definition) is 2. The van der Waals surface area contributed by atoms with Crippen LogP contribution in [0.25, 0.3) is 0 Å². The molecule has 4 heteroatoms. The van der Waals surface area contributed by atoms with Gasteiger partial charge in [0.05, 0.1) is 6.54 Å². The molecule has 0 fully saturated rings. The largest absolute Gasteiger partial charge is 0.488 e. The van der Waals surface area contributed by atoms with Gasteiger partial charge in [-0.3, -0.25) is 0 Å². The fourth-order valence-corrected chi connectivity index (χ4v) is 2.02. The van der Waals surface area contributed by atoms with Gasteiger partial charge in [-0.15, -0.1) is 0 Å². The molecule has 1 aromatic rings. The fourth-order valence-electron chi connectivity index (χ4n) is 1.87. The number of hydrogen-bond donors (Lipinski definition) is 2. The summed E-state index contributed by atoms with van der Waals surface area (Å²) in [4.78, 5) is 0. The molecular weight excluding hydrogens is 244 g/mol. The third-order valence-corrected chi connectivity index (χ3v) is 3.04. The van der Waals surface area contributed by atoms with Gasteiger partial charge in [0.25, 0.3) is 0 Å². The van der Waals surface area contributed by atoms with Crippen molar-refractivity contribution in [2.75, 3.05) is 13.1 Å². The van der Waals surface area contributed by atoms with E-state index in [4.69, 9.17) is 17.0 Å². The fraction of sp³-hybridized carbons (Fsp3) is 0.357. The highest BCUT2D eigenvalue weighted by Gasteiger charge is 2.21. The van der Waals surface area contributed by atoms with Crippen LogP contribution in [-0.4, -0.2) is 24.3 Å². The van der Waals surface area contributed by atoms with Crippen LogP contribution in [-0.2, 0) is 6.42 Å². The Labute approximate surface area is 113 Å². The molecule has 0 amide bonds. The van der Waals surface area contributed by atoms with Gasteiger partial charge in [-0.05, 0) is 30.8 Å². The van der Waals surface area contributed by atoms with Crippen molar-refractivity contribution in [3.63, 3.8) is 0 Å². The summed E-state index contributed by atoms with van der Waals surface area (Å²) in [7, 11) is 0. The molecule has 1 aromatic carbocycles. The molecule has 0 spiro atoms. The summed E-state index contributed by atoms with van der Waals surface area (Å²) < 4.78 is 5.82. The average molecular weight is 262 g/mol. The van der Waals surface area contributed by atoms with Gasteiger partial charge in [-0.25, -0.2) is 0 Å². The van der Waals surface area contributed by atoms with Crippen LogP contribution in [0.3, 0.4) is 0 Å². The van der Waals surface area contributed by atoms with Gasteiger partial charge in [0.1, 0.15) is 11.9 Å². The first kappa shape index (κ1) is 12.9. The highest BCUT2D eigenvalue weighted by molar-refractivity contribution is 7.80. The molecule has 1 atom stereocenters. The molecule has 0 saturated carbocycles. The zero-order valence-corrected chi connectivity index (χ0v) is 11.3. The number of rotatable bonds is 4. The lowest BCUT2D eigenvalue weighted by atomic mass is 10.1. The maximum atomic E-state index is 5.82. The predicted octanol–water partition coefficient (Wildman–Crippen LogP) is 2.03. The first-order chi connectivity index (χ1) is 8.65. The molecule has 2 N–H and O–H groups in total. The van der Waals surface area contributed by atoms with Crippen LogP contribution < -0.4 is 15.4 Å². The van der Waals surface area contributed by atoms with Gasteiger partial charge in [-0.1, -0.05) is 30.4 Å². The average Bonchev–Trinajstić information content (AvgIpc) is 2.76. The monoisotopic (exact) mass is 262 g/mol. The number of benzene rings is 1. The van der Waals surface area contributed by atoms with Gasteiger partial charge >= 0.3 is 0 Å². The van der Waals surface area contributed by atoms with Crippen LogP contribution in [0.2, 0.25) is 0 Å². The van der Waals surface area contributed by atoms with E-state index in [1.54, 1.807) is 0 Å². The van der Waals surface area contributed by atoms with Gasteiger partial charge in [0, 0.05) is 13.0 Å². The maximum absolute atomic E-state index is 5.82. The normalized spacial score (nSPS) is 16.6. The minimum atomic E-state index is 0.159. The molecule has 1 aliphatic heterocycles. The van der Waals surface area contributed by atoms with E-state index < -0.39 is 0 Å². The summed E-state index contributed by atoms with van der Waals surface area (Å²) in [5.74, 6) is 0.991. The summed E-state index contributed by atoms with van der Waals surface area (Å²) in [5.41, 5.74) is 2.33. The van der Waals surface area contributed by atoms with E-state index in [-0.39, 0.29) is 6.10 Å². The Morgan fingerprint density at radius 1 is 1.44 bits per heavy atom. The van der Waals surface area contributed by atoms with E-state index in [0.717, 1.165) is 24.3 Å². The van der Waals surface area contributed by atoms with Crippen LogP contribution in [0, 0.1) is 0 Å². The Hall–Kier alpha value is -1.55. The molecule has 1 aliphatic rings. The van der Waals surface area contributed by atoms with Crippen LogP contribution in [0.5, 0.6) is 5.75 Å². The lowest BCUT2D eigenvalue weighted by Crippen LogP contribution is -2.41. The van der Waals surface area contributed by atoms with Crippen molar-refractivity contribution in [3.8, 4) is 5.75 Å². The second kappa shape index (κ2) is 5.87. The standard InChI is InChI=1S/C14H18N2OS/c1-10(2)8-15-14(18)16-9-12-7-11-5-3-4-6-13(11)17-12/h3-6,12H,1,7-9H2,2H3,(H2,15,16,18). The molecule has 2 rings (SSSR count). The van der Waals surface area contributed by atoms with Crippen LogP contribution >= 0.6 is 12.2 Å². The van der Waals surface area contributed by atoms with Gasteiger partial charge < -0.3 is 15.4 Å². The minimum Gasteiger partial charge on any atom is -0.488 e. The zero-order chi connectivity index (χ0) is 13.0. The van der Waals surface area contributed by atoms with Crippen molar-refractivity contribution in [2.45, 2.75) is 19.4 Å².